The molecule has 2 aliphatic rings. The SMILES string of the molecule is C=C(F)C(=O)N1CCN(c2nc(OC)nc3c(F)c(-c4cccc5ccc(F)c(Cl)c45)ncc23)CC1.CC#N.CC(C)N1CCCC1. The van der Waals surface area contributed by atoms with Gasteiger partial charge in [-0.3, -0.25) is 9.78 Å². The number of amides is 1. The van der Waals surface area contributed by atoms with Crippen LogP contribution in [0.2, 0.25) is 5.02 Å². The zero-order valence-corrected chi connectivity index (χ0v) is 27.6. The van der Waals surface area contributed by atoms with Crippen LogP contribution in [0, 0.1) is 23.0 Å². The minimum Gasteiger partial charge on any atom is -0.467 e. The van der Waals surface area contributed by atoms with E-state index in [0.717, 1.165) is 6.04 Å². The van der Waals surface area contributed by atoms with Crippen LogP contribution in [0.15, 0.2) is 48.9 Å². The van der Waals surface area contributed by atoms with Gasteiger partial charge in [-0.1, -0.05) is 42.4 Å². The molecule has 2 saturated heterocycles. The van der Waals surface area contributed by atoms with Crippen molar-refractivity contribution in [3.8, 4) is 23.3 Å². The van der Waals surface area contributed by atoms with Gasteiger partial charge in [-0.25, -0.2) is 13.2 Å². The van der Waals surface area contributed by atoms with Crippen LogP contribution in [0.3, 0.4) is 0 Å². The van der Waals surface area contributed by atoms with E-state index in [4.69, 9.17) is 21.6 Å². The Labute approximate surface area is 277 Å². The van der Waals surface area contributed by atoms with Crippen molar-refractivity contribution in [3.63, 3.8) is 0 Å². The Morgan fingerprint density at radius 3 is 2.30 bits per heavy atom. The number of aromatic nitrogens is 3. The Balaban J connectivity index is 0.000000389. The smallest absolute Gasteiger partial charge is 0.318 e. The predicted octanol–water partition coefficient (Wildman–Crippen LogP) is 6.94. The highest BCUT2D eigenvalue weighted by atomic mass is 35.5. The lowest BCUT2D eigenvalue weighted by molar-refractivity contribution is -0.128. The van der Waals surface area contributed by atoms with E-state index in [9.17, 15) is 13.6 Å². The first kappa shape index (κ1) is 35.4. The van der Waals surface area contributed by atoms with E-state index in [1.165, 1.54) is 57.1 Å². The molecule has 2 fully saturated rings. The number of nitrogens with zero attached hydrogens (tertiary/aromatic N) is 7. The number of ether oxygens (including phenoxy) is 1. The Bertz CT molecular complexity index is 1800. The van der Waals surface area contributed by atoms with Gasteiger partial charge < -0.3 is 19.4 Å². The summed E-state index contributed by atoms with van der Waals surface area (Å²) in [5.41, 5.74) is 0.223. The number of pyridine rings is 1. The molecule has 1 amide bonds. The molecule has 0 saturated carbocycles. The molecule has 0 atom stereocenters. The summed E-state index contributed by atoms with van der Waals surface area (Å²) in [6.07, 6.45) is 4.27. The van der Waals surface area contributed by atoms with Crippen molar-refractivity contribution in [3.05, 3.63) is 65.6 Å². The van der Waals surface area contributed by atoms with Gasteiger partial charge in [0.1, 0.15) is 22.8 Å². The molecule has 2 aliphatic heterocycles. The van der Waals surface area contributed by atoms with Gasteiger partial charge in [0, 0.05) is 56.3 Å². The Morgan fingerprint density at radius 2 is 1.72 bits per heavy atom. The number of halogens is 4. The molecule has 4 aromatic rings. The zero-order chi connectivity index (χ0) is 34.2. The van der Waals surface area contributed by atoms with Crippen LogP contribution >= 0.6 is 11.6 Å². The second-order valence-electron chi connectivity index (χ2n) is 11.2. The molecule has 47 heavy (non-hydrogen) atoms. The van der Waals surface area contributed by atoms with Crippen molar-refractivity contribution in [1.29, 1.82) is 5.26 Å². The van der Waals surface area contributed by atoms with Crippen molar-refractivity contribution >= 4 is 45.0 Å². The van der Waals surface area contributed by atoms with Crippen LogP contribution in [0.5, 0.6) is 6.01 Å². The van der Waals surface area contributed by atoms with E-state index in [1.807, 2.05) is 4.90 Å². The summed E-state index contributed by atoms with van der Waals surface area (Å²) in [6, 6.07) is 10.3. The highest BCUT2D eigenvalue weighted by Gasteiger charge is 2.27. The first-order chi connectivity index (χ1) is 22.5. The number of carbonyl (C=O) groups excluding carboxylic acids is 1. The van der Waals surface area contributed by atoms with Gasteiger partial charge in [0.2, 0.25) is 0 Å². The van der Waals surface area contributed by atoms with Crippen molar-refractivity contribution in [2.45, 2.75) is 39.7 Å². The van der Waals surface area contributed by atoms with Crippen molar-refractivity contribution in [2.75, 3.05) is 51.3 Å². The van der Waals surface area contributed by atoms with E-state index in [1.54, 1.807) is 30.3 Å². The van der Waals surface area contributed by atoms with Crippen LogP contribution in [0.4, 0.5) is 19.0 Å². The van der Waals surface area contributed by atoms with Gasteiger partial charge in [0.15, 0.2) is 11.6 Å². The normalized spacial score (nSPS) is 14.7. The lowest BCUT2D eigenvalue weighted by atomic mass is 10.0. The van der Waals surface area contributed by atoms with Gasteiger partial charge in [-0.2, -0.15) is 15.2 Å². The lowest BCUT2D eigenvalue weighted by Gasteiger charge is -2.35. The highest BCUT2D eigenvalue weighted by molar-refractivity contribution is 6.36. The van der Waals surface area contributed by atoms with Crippen LogP contribution < -0.4 is 9.64 Å². The summed E-state index contributed by atoms with van der Waals surface area (Å²) >= 11 is 6.25. The second-order valence-corrected chi connectivity index (χ2v) is 11.6. The fourth-order valence-electron chi connectivity index (χ4n) is 5.60. The monoisotopic (exact) mass is 667 g/mol. The minimum atomic E-state index is -1.02. The number of hydrogen-bond donors (Lipinski definition) is 0. The van der Waals surface area contributed by atoms with E-state index in [0.29, 0.717) is 40.6 Å². The summed E-state index contributed by atoms with van der Waals surface area (Å²) in [7, 11) is 1.36. The van der Waals surface area contributed by atoms with Crippen molar-refractivity contribution in [2.24, 2.45) is 0 Å². The quantitative estimate of drug-likeness (QED) is 0.211. The molecule has 2 aromatic heterocycles. The summed E-state index contributed by atoms with van der Waals surface area (Å²) < 4.78 is 48.7. The predicted molar refractivity (Wildman–Crippen MR) is 178 cm³/mol. The van der Waals surface area contributed by atoms with E-state index in [-0.39, 0.29) is 35.3 Å². The molecule has 0 aliphatic carbocycles. The third-order valence-electron chi connectivity index (χ3n) is 7.99. The lowest BCUT2D eigenvalue weighted by Crippen LogP contribution is -2.49. The van der Waals surface area contributed by atoms with Gasteiger partial charge in [0.05, 0.1) is 23.6 Å². The van der Waals surface area contributed by atoms with Gasteiger partial charge in [-0.05, 0) is 51.2 Å². The molecule has 0 N–H and O–H groups in total. The molecule has 4 heterocycles. The van der Waals surface area contributed by atoms with E-state index >= 15 is 4.39 Å². The molecule has 0 radical (unpaired) electrons. The minimum absolute atomic E-state index is 0.0398. The van der Waals surface area contributed by atoms with Crippen LogP contribution in [0.1, 0.15) is 33.6 Å². The average molecular weight is 668 g/mol. The largest absolute Gasteiger partial charge is 0.467 e. The van der Waals surface area contributed by atoms with Gasteiger partial charge >= 0.3 is 6.01 Å². The topological polar surface area (TPSA) is 98.5 Å². The van der Waals surface area contributed by atoms with Crippen molar-refractivity contribution < 1.29 is 22.7 Å². The zero-order valence-electron chi connectivity index (χ0n) is 26.9. The first-order valence-corrected chi connectivity index (χ1v) is 15.6. The number of anilines is 1. The van der Waals surface area contributed by atoms with Crippen LogP contribution in [-0.4, -0.2) is 83.1 Å². The maximum Gasteiger partial charge on any atom is 0.318 e. The number of fused-ring (bicyclic) bond motifs is 2. The summed E-state index contributed by atoms with van der Waals surface area (Å²) in [5.74, 6) is -2.79. The Morgan fingerprint density at radius 1 is 1.06 bits per heavy atom. The fraction of sp³-hybridized carbons (Fsp3) is 0.382. The molecule has 248 valence electrons. The number of rotatable bonds is 5. The number of nitriles is 1. The second kappa shape index (κ2) is 15.9. The molecule has 0 bridgehead atoms. The number of hydrogen-bond acceptors (Lipinski definition) is 8. The fourth-order valence-corrected chi connectivity index (χ4v) is 5.87. The molecular weight excluding hydrogens is 631 g/mol. The Hall–Kier alpha value is -4.47. The number of benzene rings is 2. The average Bonchev–Trinajstić information content (AvgIpc) is 3.62. The molecular formula is C34H37ClF3N7O2. The maximum absolute atomic E-state index is 16.0. The molecule has 9 nitrogen and oxygen atoms in total. The number of piperazine rings is 1. The van der Waals surface area contributed by atoms with E-state index in [2.05, 4.69) is 40.3 Å². The molecule has 0 unspecified atom stereocenters. The Kier molecular flexibility index (Phi) is 12.0. The van der Waals surface area contributed by atoms with Crippen molar-refractivity contribution in [1.82, 2.24) is 24.8 Å². The maximum atomic E-state index is 16.0. The first-order valence-electron chi connectivity index (χ1n) is 15.2. The molecule has 6 rings (SSSR count). The molecule has 0 spiro atoms. The standard InChI is InChI=1S/C25H19ClF3N5O2.C7H15N.C2H3N/c1-13(27)24(35)34-10-8-33(9-11-34)23-16-12-30-21(20(29)22(16)31-25(32-23)36-2)15-5-3-4-14-6-7-17(28)19(26)18(14)15;1-7(2)8-5-3-4-6-8;1-2-3/h3-7,12H,1,8-11H2,2H3;7H,3-6H2,1-2H3;1H3. The number of carbonyl (C=O) groups is 1. The van der Waals surface area contributed by atoms with Crippen LogP contribution in [0.25, 0.3) is 32.9 Å². The van der Waals surface area contributed by atoms with Gasteiger partial charge in [-0.15, -0.1) is 0 Å². The van der Waals surface area contributed by atoms with Gasteiger partial charge in [0.25, 0.3) is 5.91 Å². The summed E-state index contributed by atoms with van der Waals surface area (Å²) in [4.78, 5) is 30.5. The number of methoxy groups -OCH3 is 1. The van der Waals surface area contributed by atoms with Crippen LogP contribution in [-0.2, 0) is 4.79 Å². The molecule has 13 heteroatoms. The summed E-state index contributed by atoms with van der Waals surface area (Å²) in [5, 5.41) is 8.48. The van der Waals surface area contributed by atoms with E-state index < -0.39 is 23.4 Å². The third-order valence-corrected chi connectivity index (χ3v) is 8.36. The summed E-state index contributed by atoms with van der Waals surface area (Å²) in [6.45, 7) is 12.8. The molecule has 2 aromatic carbocycles. The number of likely N-dealkylation sites (tertiary alicyclic amines) is 1. The third kappa shape index (κ3) is 7.92. The highest BCUT2D eigenvalue weighted by Crippen LogP contribution is 2.38.